The molecule has 0 heterocycles. The summed E-state index contributed by atoms with van der Waals surface area (Å²) >= 11 is 10.7. The van der Waals surface area contributed by atoms with Crippen LogP contribution in [-0.2, 0) is 10.8 Å². The molecule has 0 aliphatic heterocycles. The summed E-state index contributed by atoms with van der Waals surface area (Å²) < 4.78 is 8.77. The average molecular weight is 593 g/mol. The Morgan fingerprint density at radius 3 is 2.25 bits per heavy atom. The highest BCUT2D eigenvalue weighted by Gasteiger charge is 2.39. The summed E-state index contributed by atoms with van der Waals surface area (Å²) in [6, 6.07) is 10.6. The molecule has 0 aromatic heterocycles. The van der Waals surface area contributed by atoms with Crippen LogP contribution in [0.25, 0.3) is 0 Å². The van der Waals surface area contributed by atoms with Gasteiger partial charge in [-0.2, -0.15) is 0 Å². The molecule has 0 bridgehead atoms. The van der Waals surface area contributed by atoms with Crippen molar-refractivity contribution in [2.75, 3.05) is 0 Å². The van der Waals surface area contributed by atoms with Crippen LogP contribution in [-0.4, -0.2) is 14.4 Å². The maximum Gasteiger partial charge on any atom is 0.192 e. The van der Waals surface area contributed by atoms with Gasteiger partial charge in [-0.25, -0.2) is 0 Å². The molecule has 0 radical (unpaired) electrons. The normalized spacial score (nSPS) is 15.5. The van der Waals surface area contributed by atoms with Crippen LogP contribution in [0.3, 0.4) is 0 Å². The summed E-state index contributed by atoms with van der Waals surface area (Å²) in [7, 11) is -1.87. The monoisotopic (exact) mass is 590 g/mol. The van der Waals surface area contributed by atoms with Gasteiger partial charge in [-0.05, 0) is 74.5 Å². The van der Waals surface area contributed by atoms with Crippen LogP contribution in [0.1, 0.15) is 39.7 Å². The van der Waals surface area contributed by atoms with E-state index in [0.717, 1.165) is 20.7 Å². The number of hydrogen-bond donors (Lipinski definition) is 0. The molecule has 1 aromatic carbocycles. The average Bonchev–Trinajstić information content (AvgIpc) is 2.57. The van der Waals surface area contributed by atoms with Gasteiger partial charge < -0.3 is 4.43 Å². The lowest BCUT2D eigenvalue weighted by Crippen LogP contribution is -2.44. The quantitative estimate of drug-likeness (QED) is 0.205. The smallest absolute Gasteiger partial charge is 0.192 e. The third-order valence-electron chi connectivity index (χ3n) is 5.20. The maximum atomic E-state index is 6.71. The van der Waals surface area contributed by atoms with E-state index < -0.39 is 8.32 Å². The number of halogens is 3. The zero-order valence-corrected chi connectivity index (χ0v) is 23.6. The molecule has 0 N–H and O–H groups in total. The van der Waals surface area contributed by atoms with Gasteiger partial charge in [-0.1, -0.05) is 92.2 Å². The van der Waals surface area contributed by atoms with Gasteiger partial charge in [0.05, 0.1) is 9.50 Å². The second-order valence-corrected chi connectivity index (χ2v) is 17.1. The molecule has 0 aliphatic rings. The molecule has 156 valence electrons. The van der Waals surface area contributed by atoms with Gasteiger partial charge in [0, 0.05) is 10.4 Å². The van der Waals surface area contributed by atoms with Crippen molar-refractivity contribution in [3.63, 3.8) is 0 Å². The topological polar surface area (TPSA) is 9.23 Å². The van der Waals surface area contributed by atoms with Crippen LogP contribution < -0.4 is 0 Å². The lowest BCUT2D eigenvalue weighted by atomic mass is 10.0. The molecule has 2 atom stereocenters. The van der Waals surface area contributed by atoms with Crippen LogP contribution in [0.5, 0.6) is 0 Å². The van der Waals surface area contributed by atoms with Crippen LogP contribution in [0.4, 0.5) is 0 Å². The Labute approximate surface area is 198 Å². The molecule has 28 heavy (non-hydrogen) atoms. The Hall–Kier alpha value is 0.0569. The SMILES string of the molecule is C[C@H](C=C(Br)Br)[C@@H](/C=C/C(Br)=C/CCc1ccccc1)O[Si](C)(C)C(C)(C)C. The summed E-state index contributed by atoms with van der Waals surface area (Å²) in [6.45, 7) is 13.6. The van der Waals surface area contributed by atoms with E-state index in [4.69, 9.17) is 4.43 Å². The Kier molecular flexibility index (Phi) is 11.2. The minimum atomic E-state index is -1.87. The third kappa shape index (κ3) is 9.71. The Morgan fingerprint density at radius 2 is 1.71 bits per heavy atom. The highest BCUT2D eigenvalue weighted by molar-refractivity contribution is 9.28. The van der Waals surface area contributed by atoms with Gasteiger partial charge >= 0.3 is 0 Å². The van der Waals surface area contributed by atoms with Crippen LogP contribution in [0, 0.1) is 5.92 Å². The first-order chi connectivity index (χ1) is 12.9. The Morgan fingerprint density at radius 1 is 1.11 bits per heavy atom. The lowest BCUT2D eigenvalue weighted by Gasteiger charge is -2.39. The van der Waals surface area contributed by atoms with Crippen LogP contribution >= 0.6 is 47.8 Å². The van der Waals surface area contributed by atoms with E-state index in [0.29, 0.717) is 0 Å². The zero-order valence-electron chi connectivity index (χ0n) is 17.8. The molecule has 0 spiro atoms. The second kappa shape index (κ2) is 12.0. The largest absolute Gasteiger partial charge is 0.410 e. The molecule has 5 heteroatoms. The molecular formula is C23H33Br3OSi. The van der Waals surface area contributed by atoms with Crippen molar-refractivity contribution in [1.82, 2.24) is 0 Å². The zero-order chi connectivity index (χ0) is 21.4. The fraction of sp³-hybridized carbons (Fsp3) is 0.478. The molecule has 0 fully saturated rings. The second-order valence-electron chi connectivity index (χ2n) is 8.63. The lowest BCUT2D eigenvalue weighted by molar-refractivity contribution is 0.190. The van der Waals surface area contributed by atoms with Gasteiger partial charge in [-0.15, -0.1) is 0 Å². The Balaban J connectivity index is 2.85. The fourth-order valence-corrected chi connectivity index (χ4v) is 4.95. The van der Waals surface area contributed by atoms with Crippen LogP contribution in [0.2, 0.25) is 18.1 Å². The summed E-state index contributed by atoms with van der Waals surface area (Å²) in [5, 5.41) is 0.177. The van der Waals surface area contributed by atoms with Gasteiger partial charge in [-0.3, -0.25) is 0 Å². The molecular weight excluding hydrogens is 560 g/mol. The van der Waals surface area contributed by atoms with Crippen molar-refractivity contribution >= 4 is 56.1 Å². The van der Waals surface area contributed by atoms with Crippen LogP contribution in [0.15, 0.2) is 62.5 Å². The number of benzene rings is 1. The van der Waals surface area contributed by atoms with E-state index in [1.54, 1.807) is 0 Å². The summed E-state index contributed by atoms with van der Waals surface area (Å²) in [5.74, 6) is 0.253. The van der Waals surface area contributed by atoms with Gasteiger partial charge in [0.1, 0.15) is 0 Å². The number of allylic oxidation sites excluding steroid dienone is 3. The van der Waals surface area contributed by atoms with E-state index >= 15 is 0 Å². The van der Waals surface area contributed by atoms with Gasteiger partial charge in [0.15, 0.2) is 8.32 Å². The summed E-state index contributed by atoms with van der Waals surface area (Å²) in [5.41, 5.74) is 1.36. The minimum absolute atomic E-state index is 0.0288. The molecule has 0 saturated heterocycles. The molecule has 0 unspecified atom stereocenters. The molecule has 1 aromatic rings. The highest BCUT2D eigenvalue weighted by Crippen LogP contribution is 2.38. The standard InChI is InChI=1S/C23H33Br3OSi/c1-18(17-22(25)26)21(27-28(5,6)23(2,3)4)16-15-20(24)14-10-13-19-11-8-7-9-12-19/h7-9,11-12,14-18,21H,10,13H2,1-6H3/b16-15+,20-14-/t18-,21-/m1/s1. The van der Waals surface area contributed by atoms with E-state index in [-0.39, 0.29) is 17.1 Å². The summed E-state index contributed by atoms with van der Waals surface area (Å²) in [6.07, 6.45) is 10.8. The van der Waals surface area contributed by atoms with Crippen molar-refractivity contribution in [3.05, 3.63) is 68.1 Å². The van der Waals surface area contributed by atoms with Crippen molar-refractivity contribution in [2.24, 2.45) is 5.92 Å². The van der Waals surface area contributed by atoms with Crippen molar-refractivity contribution < 1.29 is 4.43 Å². The first-order valence-electron chi connectivity index (χ1n) is 9.71. The molecule has 0 amide bonds. The van der Waals surface area contributed by atoms with Crippen molar-refractivity contribution in [2.45, 2.75) is 64.8 Å². The predicted octanol–water partition coefficient (Wildman–Crippen LogP) is 9.11. The van der Waals surface area contributed by atoms with E-state index in [9.17, 15) is 0 Å². The van der Waals surface area contributed by atoms with E-state index in [1.165, 1.54) is 5.56 Å². The number of rotatable bonds is 9. The summed E-state index contributed by atoms with van der Waals surface area (Å²) in [4.78, 5) is 0. The Bertz CT molecular complexity index is 684. The van der Waals surface area contributed by atoms with E-state index in [2.05, 4.69) is 143 Å². The number of hydrogen-bond acceptors (Lipinski definition) is 1. The highest BCUT2D eigenvalue weighted by atomic mass is 79.9. The van der Waals surface area contributed by atoms with Crippen molar-refractivity contribution in [1.29, 1.82) is 0 Å². The first-order valence-corrected chi connectivity index (χ1v) is 15.0. The first kappa shape index (κ1) is 26.1. The molecule has 0 aliphatic carbocycles. The molecule has 1 rings (SSSR count). The van der Waals surface area contributed by atoms with E-state index in [1.807, 2.05) is 0 Å². The molecule has 1 nitrogen and oxygen atoms in total. The molecule has 0 saturated carbocycles. The fourth-order valence-electron chi connectivity index (χ4n) is 2.41. The maximum absolute atomic E-state index is 6.71. The van der Waals surface area contributed by atoms with Crippen molar-refractivity contribution in [3.8, 4) is 0 Å². The number of aryl methyl sites for hydroxylation is 1. The van der Waals surface area contributed by atoms with Gasteiger partial charge in [0.25, 0.3) is 0 Å². The minimum Gasteiger partial charge on any atom is -0.410 e. The third-order valence-corrected chi connectivity index (χ3v) is 10.8. The van der Waals surface area contributed by atoms with Gasteiger partial charge in [0.2, 0.25) is 0 Å². The predicted molar refractivity (Wildman–Crippen MR) is 138 cm³/mol.